The van der Waals surface area contributed by atoms with Gasteiger partial charge in [-0.2, -0.15) is 5.10 Å². The molecule has 1 aliphatic carbocycles. The van der Waals surface area contributed by atoms with E-state index in [9.17, 15) is 9.90 Å². The maximum absolute atomic E-state index is 11.9. The number of fused-ring (bicyclic) bond motifs is 1. The predicted octanol–water partition coefficient (Wildman–Crippen LogP) is 2.80. The first-order valence-electron chi connectivity index (χ1n) is 8.00. The van der Waals surface area contributed by atoms with Gasteiger partial charge in [0.25, 0.3) is 0 Å². The van der Waals surface area contributed by atoms with Gasteiger partial charge in [0.05, 0.1) is 11.4 Å². The molecule has 1 aromatic carbocycles. The van der Waals surface area contributed by atoms with E-state index in [1.54, 1.807) is 4.68 Å². The molecule has 2 N–H and O–H groups in total. The highest BCUT2D eigenvalue weighted by Crippen LogP contribution is 2.37. The lowest BCUT2D eigenvalue weighted by Crippen LogP contribution is -2.23. The number of carboxylic acids is 1. The van der Waals surface area contributed by atoms with E-state index in [-0.39, 0.29) is 5.41 Å². The van der Waals surface area contributed by atoms with Crippen LogP contribution in [-0.4, -0.2) is 27.9 Å². The number of aryl methyl sites for hydroxylation is 1. The zero-order valence-corrected chi connectivity index (χ0v) is 13.9. The minimum atomic E-state index is -0.907. The highest BCUT2D eigenvalue weighted by atomic mass is 16.4. The number of carbonyl (C=O) groups is 1. The van der Waals surface area contributed by atoms with Crippen molar-refractivity contribution < 1.29 is 9.90 Å². The standard InChI is InChI=1S/C18H23N3O2/c1-18(2)9-8-14-13(10-18)16(17(22)23)21(20-14)15-7-5-4-6-12(15)11-19-3/h4-7,19H,8-11H2,1-3H3,(H,22,23). The molecule has 0 fully saturated rings. The molecule has 3 rings (SSSR count). The van der Waals surface area contributed by atoms with Crippen molar-refractivity contribution in [2.45, 2.75) is 39.7 Å². The van der Waals surface area contributed by atoms with Gasteiger partial charge >= 0.3 is 5.97 Å². The average Bonchev–Trinajstić information content (AvgIpc) is 2.85. The molecular weight excluding hydrogens is 290 g/mol. The number of nitrogens with one attached hydrogen (secondary N) is 1. The second kappa shape index (κ2) is 5.81. The monoisotopic (exact) mass is 313 g/mol. The number of benzene rings is 1. The third kappa shape index (κ3) is 2.88. The molecule has 2 aromatic rings. The molecule has 5 heteroatoms. The number of carboxylic acid groups (broad SMARTS) is 1. The maximum Gasteiger partial charge on any atom is 0.354 e. The molecule has 0 bridgehead atoms. The molecule has 23 heavy (non-hydrogen) atoms. The van der Waals surface area contributed by atoms with Gasteiger partial charge < -0.3 is 10.4 Å². The SMILES string of the molecule is CNCc1ccccc1-n1nc2c(c1C(=O)O)CC(C)(C)CC2. The van der Waals surface area contributed by atoms with Crippen molar-refractivity contribution >= 4 is 5.97 Å². The molecule has 0 radical (unpaired) electrons. The minimum absolute atomic E-state index is 0.121. The van der Waals surface area contributed by atoms with E-state index in [0.717, 1.165) is 41.8 Å². The Hall–Kier alpha value is -2.14. The first kappa shape index (κ1) is 15.7. The van der Waals surface area contributed by atoms with Crippen LogP contribution in [-0.2, 0) is 19.4 Å². The summed E-state index contributed by atoms with van der Waals surface area (Å²) in [4.78, 5) is 11.9. The molecule has 0 amide bonds. The molecule has 1 aliphatic rings. The lowest BCUT2D eigenvalue weighted by atomic mass is 9.76. The fraction of sp³-hybridized carbons (Fsp3) is 0.444. The lowest BCUT2D eigenvalue weighted by Gasteiger charge is -2.28. The van der Waals surface area contributed by atoms with E-state index >= 15 is 0 Å². The van der Waals surface area contributed by atoms with Gasteiger partial charge in [-0.25, -0.2) is 9.48 Å². The summed E-state index contributed by atoms with van der Waals surface area (Å²) in [6.45, 7) is 5.05. The summed E-state index contributed by atoms with van der Waals surface area (Å²) in [5.41, 5.74) is 4.14. The Kier molecular flexibility index (Phi) is 3.98. The number of aromatic carboxylic acids is 1. The molecule has 1 aromatic heterocycles. The van der Waals surface area contributed by atoms with Crippen LogP contribution in [0.25, 0.3) is 5.69 Å². The van der Waals surface area contributed by atoms with E-state index < -0.39 is 5.97 Å². The molecule has 5 nitrogen and oxygen atoms in total. The van der Waals surface area contributed by atoms with Crippen molar-refractivity contribution in [3.05, 3.63) is 46.8 Å². The third-order valence-corrected chi connectivity index (χ3v) is 4.55. The first-order chi connectivity index (χ1) is 10.9. The Morgan fingerprint density at radius 1 is 1.39 bits per heavy atom. The summed E-state index contributed by atoms with van der Waals surface area (Å²) >= 11 is 0. The normalized spacial score (nSPS) is 16.1. The van der Waals surface area contributed by atoms with E-state index in [2.05, 4.69) is 24.3 Å². The molecule has 0 saturated carbocycles. The zero-order valence-electron chi connectivity index (χ0n) is 13.9. The van der Waals surface area contributed by atoms with Crippen molar-refractivity contribution in [1.29, 1.82) is 0 Å². The van der Waals surface area contributed by atoms with Crippen LogP contribution in [0.3, 0.4) is 0 Å². The number of rotatable bonds is 4. The molecule has 0 saturated heterocycles. The first-order valence-corrected chi connectivity index (χ1v) is 8.00. The fourth-order valence-corrected chi connectivity index (χ4v) is 3.36. The Bertz CT molecular complexity index is 747. The van der Waals surface area contributed by atoms with Gasteiger partial charge in [-0.1, -0.05) is 32.0 Å². The smallest absolute Gasteiger partial charge is 0.354 e. The number of para-hydroxylation sites is 1. The van der Waals surface area contributed by atoms with Gasteiger partial charge in [-0.3, -0.25) is 0 Å². The third-order valence-electron chi connectivity index (χ3n) is 4.55. The Labute approximate surface area is 136 Å². The summed E-state index contributed by atoms with van der Waals surface area (Å²) < 4.78 is 1.63. The molecule has 0 unspecified atom stereocenters. The van der Waals surface area contributed by atoms with Crippen LogP contribution >= 0.6 is 0 Å². The summed E-state index contributed by atoms with van der Waals surface area (Å²) in [5, 5.41) is 17.6. The predicted molar refractivity (Wildman–Crippen MR) is 89.1 cm³/mol. The van der Waals surface area contributed by atoms with Crippen molar-refractivity contribution in [2.24, 2.45) is 5.41 Å². The van der Waals surface area contributed by atoms with Gasteiger partial charge in [0.1, 0.15) is 0 Å². The highest BCUT2D eigenvalue weighted by molar-refractivity contribution is 5.88. The maximum atomic E-state index is 11.9. The largest absolute Gasteiger partial charge is 0.476 e. The van der Waals surface area contributed by atoms with Gasteiger partial charge in [-0.05, 0) is 43.4 Å². The molecular formula is C18H23N3O2. The van der Waals surface area contributed by atoms with Gasteiger partial charge in [0.2, 0.25) is 0 Å². The van der Waals surface area contributed by atoms with Crippen molar-refractivity contribution in [3.8, 4) is 5.69 Å². The van der Waals surface area contributed by atoms with Crippen LogP contribution in [0.15, 0.2) is 24.3 Å². The lowest BCUT2D eigenvalue weighted by molar-refractivity contribution is 0.0685. The van der Waals surface area contributed by atoms with Gasteiger partial charge in [-0.15, -0.1) is 0 Å². The van der Waals surface area contributed by atoms with E-state index in [0.29, 0.717) is 12.2 Å². The Morgan fingerprint density at radius 3 is 2.83 bits per heavy atom. The minimum Gasteiger partial charge on any atom is -0.476 e. The second-order valence-electron chi connectivity index (χ2n) is 6.99. The van der Waals surface area contributed by atoms with E-state index in [1.807, 2.05) is 31.3 Å². The van der Waals surface area contributed by atoms with Crippen LogP contribution in [0, 0.1) is 5.41 Å². The van der Waals surface area contributed by atoms with Crippen LogP contribution in [0.5, 0.6) is 0 Å². The van der Waals surface area contributed by atoms with E-state index in [1.165, 1.54) is 0 Å². The highest BCUT2D eigenvalue weighted by Gasteiger charge is 2.33. The van der Waals surface area contributed by atoms with Crippen molar-refractivity contribution in [1.82, 2.24) is 15.1 Å². The fourth-order valence-electron chi connectivity index (χ4n) is 3.36. The number of hydrogen-bond donors (Lipinski definition) is 2. The van der Waals surface area contributed by atoms with Crippen molar-refractivity contribution in [2.75, 3.05) is 7.05 Å². The van der Waals surface area contributed by atoms with Crippen LogP contribution in [0.2, 0.25) is 0 Å². The quantitative estimate of drug-likeness (QED) is 0.911. The van der Waals surface area contributed by atoms with E-state index in [4.69, 9.17) is 0 Å². The number of nitrogens with zero attached hydrogens (tertiary/aromatic N) is 2. The Balaban J connectivity index is 2.18. The van der Waals surface area contributed by atoms with Gasteiger partial charge in [0, 0.05) is 12.1 Å². The molecule has 0 atom stereocenters. The zero-order chi connectivity index (χ0) is 16.6. The number of aromatic nitrogens is 2. The molecule has 0 spiro atoms. The average molecular weight is 313 g/mol. The summed E-state index contributed by atoms with van der Waals surface area (Å²) in [7, 11) is 1.88. The van der Waals surface area contributed by atoms with Crippen LogP contribution in [0.4, 0.5) is 0 Å². The second-order valence-corrected chi connectivity index (χ2v) is 6.99. The van der Waals surface area contributed by atoms with Crippen LogP contribution in [0.1, 0.15) is 47.6 Å². The molecule has 0 aliphatic heterocycles. The van der Waals surface area contributed by atoms with Crippen LogP contribution < -0.4 is 5.32 Å². The summed E-state index contributed by atoms with van der Waals surface area (Å²) in [5.74, 6) is -0.907. The topological polar surface area (TPSA) is 67.2 Å². The Morgan fingerprint density at radius 2 is 2.13 bits per heavy atom. The molecule has 122 valence electrons. The summed E-state index contributed by atoms with van der Waals surface area (Å²) in [6.07, 6.45) is 2.64. The summed E-state index contributed by atoms with van der Waals surface area (Å²) in [6, 6.07) is 7.82. The van der Waals surface area contributed by atoms with Crippen molar-refractivity contribution in [3.63, 3.8) is 0 Å². The molecule has 1 heterocycles. The van der Waals surface area contributed by atoms with Gasteiger partial charge in [0.15, 0.2) is 5.69 Å². The number of hydrogen-bond acceptors (Lipinski definition) is 3.